The van der Waals surface area contributed by atoms with Gasteiger partial charge in [0.05, 0.1) is 23.2 Å². The molecule has 0 atom stereocenters. The number of aryl methyl sites for hydroxylation is 1. The fourth-order valence-electron chi connectivity index (χ4n) is 2.41. The fourth-order valence-corrected chi connectivity index (χ4v) is 2.41. The number of anilines is 1. The summed E-state index contributed by atoms with van der Waals surface area (Å²) in [5.41, 5.74) is 3.89. The molecule has 100 valence electrons. The van der Waals surface area contributed by atoms with E-state index in [-0.39, 0.29) is 6.61 Å². The number of pyridine rings is 1. The van der Waals surface area contributed by atoms with Gasteiger partial charge >= 0.3 is 0 Å². The average molecular weight is 266 g/mol. The third-order valence-electron chi connectivity index (χ3n) is 3.30. The second-order valence-electron chi connectivity index (χ2n) is 4.61. The maximum Gasteiger partial charge on any atom is 0.157 e. The lowest BCUT2D eigenvalue weighted by Gasteiger charge is -2.11. The van der Waals surface area contributed by atoms with E-state index in [1.807, 2.05) is 41.7 Å². The quantitative estimate of drug-likeness (QED) is 0.761. The molecule has 3 aromatic rings. The number of hydrogen-bond acceptors (Lipinski definition) is 4. The lowest BCUT2D eigenvalue weighted by molar-refractivity contribution is 0.311. The Morgan fingerprint density at radius 3 is 2.95 bits per heavy atom. The summed E-state index contributed by atoms with van der Waals surface area (Å²) < 4.78 is 1.93. The molecule has 0 aliphatic heterocycles. The second kappa shape index (κ2) is 4.83. The molecule has 0 unspecified atom stereocenters. The lowest BCUT2D eigenvalue weighted by Crippen LogP contribution is -2.10. The maximum atomic E-state index is 9.34. The summed E-state index contributed by atoms with van der Waals surface area (Å²) in [6.45, 7) is 2.39. The van der Waals surface area contributed by atoms with Crippen molar-refractivity contribution in [2.24, 2.45) is 0 Å². The van der Waals surface area contributed by atoms with Crippen LogP contribution in [0, 0.1) is 18.3 Å². The molecule has 0 aliphatic carbocycles. The topological polar surface area (TPSA) is 73.3 Å². The molecule has 0 radical (unpaired) electrons. The molecule has 2 heterocycles. The largest absolute Gasteiger partial charge is 0.395 e. The van der Waals surface area contributed by atoms with Gasteiger partial charge in [-0.25, -0.2) is 4.98 Å². The van der Waals surface area contributed by atoms with Crippen LogP contribution in [0.4, 0.5) is 5.82 Å². The summed E-state index contributed by atoms with van der Waals surface area (Å²) in [4.78, 5) is 4.55. The van der Waals surface area contributed by atoms with E-state index in [9.17, 15) is 5.26 Å². The molecule has 0 saturated heterocycles. The Morgan fingerprint density at radius 1 is 1.40 bits per heavy atom. The zero-order chi connectivity index (χ0) is 14.1. The molecule has 0 amide bonds. The van der Waals surface area contributed by atoms with Crippen LogP contribution in [0.15, 0.2) is 30.3 Å². The van der Waals surface area contributed by atoms with Crippen LogP contribution in [0.25, 0.3) is 16.7 Å². The van der Waals surface area contributed by atoms with E-state index in [1.165, 1.54) is 0 Å². The number of aliphatic hydroxyl groups is 1. The molecule has 20 heavy (non-hydrogen) atoms. The van der Waals surface area contributed by atoms with E-state index in [1.54, 1.807) is 0 Å². The summed E-state index contributed by atoms with van der Waals surface area (Å²) in [5, 5.41) is 21.5. The number of rotatable bonds is 3. The van der Waals surface area contributed by atoms with Crippen LogP contribution in [0.3, 0.4) is 0 Å². The van der Waals surface area contributed by atoms with Gasteiger partial charge in [0.2, 0.25) is 0 Å². The van der Waals surface area contributed by atoms with E-state index in [0.29, 0.717) is 17.8 Å². The predicted molar refractivity (Wildman–Crippen MR) is 77.7 cm³/mol. The maximum absolute atomic E-state index is 9.34. The number of benzene rings is 1. The third-order valence-corrected chi connectivity index (χ3v) is 3.30. The number of fused-ring (bicyclic) bond motifs is 3. The Balaban J connectivity index is 2.41. The van der Waals surface area contributed by atoms with Crippen LogP contribution in [0.2, 0.25) is 0 Å². The summed E-state index contributed by atoms with van der Waals surface area (Å²) in [5.74, 6) is 0.833. The molecular weight excluding hydrogens is 252 g/mol. The van der Waals surface area contributed by atoms with Crippen LogP contribution in [-0.4, -0.2) is 27.6 Å². The fraction of sp³-hybridized carbons (Fsp3) is 0.200. The Labute approximate surface area is 116 Å². The zero-order valence-electron chi connectivity index (χ0n) is 11.1. The number of imidazole rings is 1. The van der Waals surface area contributed by atoms with Gasteiger partial charge in [0.1, 0.15) is 11.9 Å². The first-order chi connectivity index (χ1) is 9.76. The molecule has 2 N–H and O–H groups in total. The van der Waals surface area contributed by atoms with Crippen molar-refractivity contribution in [3.63, 3.8) is 0 Å². The molecule has 3 rings (SSSR count). The van der Waals surface area contributed by atoms with Crippen LogP contribution >= 0.6 is 0 Å². The highest BCUT2D eigenvalue weighted by atomic mass is 16.3. The van der Waals surface area contributed by atoms with Crippen molar-refractivity contribution in [3.8, 4) is 6.07 Å². The Kier molecular flexibility index (Phi) is 3.01. The van der Waals surface area contributed by atoms with Gasteiger partial charge in [0.25, 0.3) is 0 Å². The van der Waals surface area contributed by atoms with Crippen molar-refractivity contribution >= 4 is 22.5 Å². The first-order valence-electron chi connectivity index (χ1n) is 6.42. The summed E-state index contributed by atoms with van der Waals surface area (Å²) in [6, 6.07) is 11.9. The van der Waals surface area contributed by atoms with Crippen LogP contribution in [0.1, 0.15) is 11.1 Å². The first kappa shape index (κ1) is 12.5. The second-order valence-corrected chi connectivity index (χ2v) is 4.61. The molecule has 0 spiro atoms. The number of hydrogen-bond donors (Lipinski definition) is 2. The number of para-hydroxylation sites is 2. The Bertz CT molecular complexity index is 829. The first-order valence-corrected chi connectivity index (χ1v) is 6.42. The van der Waals surface area contributed by atoms with Crippen LogP contribution in [-0.2, 0) is 0 Å². The molecule has 1 aromatic carbocycles. The van der Waals surface area contributed by atoms with E-state index in [0.717, 1.165) is 22.4 Å². The third kappa shape index (κ3) is 1.78. The molecule has 2 aromatic heterocycles. The smallest absolute Gasteiger partial charge is 0.157 e. The normalized spacial score (nSPS) is 10.8. The molecular formula is C15H14N4O. The molecule has 5 nitrogen and oxygen atoms in total. The minimum atomic E-state index is 0.0488. The number of nitrogens with zero attached hydrogens (tertiary/aromatic N) is 3. The van der Waals surface area contributed by atoms with Crippen LogP contribution < -0.4 is 5.32 Å². The summed E-state index contributed by atoms with van der Waals surface area (Å²) >= 11 is 0. The predicted octanol–water partition coefficient (Wildman–Crippen LogP) is 2.07. The molecule has 0 saturated carbocycles. The van der Waals surface area contributed by atoms with Gasteiger partial charge in [-0.3, -0.25) is 4.40 Å². The Hall–Kier alpha value is -2.58. The highest BCUT2D eigenvalue weighted by Gasteiger charge is 2.14. The zero-order valence-corrected chi connectivity index (χ0v) is 11.1. The van der Waals surface area contributed by atoms with E-state index in [2.05, 4.69) is 16.4 Å². The number of aliphatic hydroxyl groups excluding tert-OH is 1. The number of nitrogens with one attached hydrogen (secondary N) is 1. The van der Waals surface area contributed by atoms with Gasteiger partial charge in [0.15, 0.2) is 5.65 Å². The molecule has 0 bridgehead atoms. The van der Waals surface area contributed by atoms with E-state index in [4.69, 9.17) is 5.11 Å². The lowest BCUT2D eigenvalue weighted by atomic mass is 10.1. The highest BCUT2D eigenvalue weighted by Crippen LogP contribution is 2.26. The minimum absolute atomic E-state index is 0.0488. The van der Waals surface area contributed by atoms with Crippen molar-refractivity contribution < 1.29 is 5.11 Å². The molecule has 0 aliphatic rings. The monoisotopic (exact) mass is 266 g/mol. The van der Waals surface area contributed by atoms with Gasteiger partial charge in [-0.1, -0.05) is 12.1 Å². The van der Waals surface area contributed by atoms with Crippen molar-refractivity contribution in [1.29, 1.82) is 5.26 Å². The average Bonchev–Trinajstić information content (AvgIpc) is 2.84. The number of aromatic nitrogens is 2. The van der Waals surface area contributed by atoms with Gasteiger partial charge in [-0.2, -0.15) is 5.26 Å². The van der Waals surface area contributed by atoms with E-state index >= 15 is 0 Å². The summed E-state index contributed by atoms with van der Waals surface area (Å²) in [6.07, 6.45) is 0. The van der Waals surface area contributed by atoms with Gasteiger partial charge in [-0.15, -0.1) is 0 Å². The van der Waals surface area contributed by atoms with Crippen molar-refractivity contribution in [1.82, 2.24) is 9.38 Å². The van der Waals surface area contributed by atoms with Gasteiger partial charge in [-0.05, 0) is 30.7 Å². The highest BCUT2D eigenvalue weighted by molar-refractivity contribution is 5.85. The molecule has 0 fully saturated rings. The van der Waals surface area contributed by atoms with Gasteiger partial charge in [0, 0.05) is 6.54 Å². The van der Waals surface area contributed by atoms with Crippen molar-refractivity contribution in [2.75, 3.05) is 18.5 Å². The summed E-state index contributed by atoms with van der Waals surface area (Å²) in [7, 11) is 0. The van der Waals surface area contributed by atoms with Crippen LogP contribution in [0.5, 0.6) is 0 Å². The minimum Gasteiger partial charge on any atom is -0.395 e. The SMILES string of the molecule is Cc1cc(NCCO)n2c(nc3ccccc32)c1C#N. The van der Waals surface area contributed by atoms with Crippen molar-refractivity contribution in [2.45, 2.75) is 6.92 Å². The Morgan fingerprint density at radius 2 is 2.20 bits per heavy atom. The molecule has 5 heteroatoms. The van der Waals surface area contributed by atoms with Gasteiger partial charge < -0.3 is 10.4 Å². The van der Waals surface area contributed by atoms with Crippen molar-refractivity contribution in [3.05, 3.63) is 41.5 Å². The number of nitriles is 1. The van der Waals surface area contributed by atoms with E-state index < -0.39 is 0 Å². The standard InChI is InChI=1S/C15H14N4O/c1-10-8-14(17-6-7-20)19-13-5-3-2-4-12(13)18-15(19)11(10)9-16/h2-5,8,17,20H,6-7H2,1H3.